The third kappa shape index (κ3) is 3.54. The summed E-state index contributed by atoms with van der Waals surface area (Å²) < 4.78 is 26.5. The van der Waals surface area contributed by atoms with Crippen molar-refractivity contribution in [2.75, 3.05) is 13.1 Å². The first-order valence-electron chi connectivity index (χ1n) is 7.09. The van der Waals surface area contributed by atoms with Gasteiger partial charge in [-0.3, -0.25) is 4.79 Å². The Morgan fingerprint density at radius 3 is 2.30 bits per heavy atom. The fraction of sp³-hybridized carbons (Fsp3) is 0.533. The van der Waals surface area contributed by atoms with Gasteiger partial charge in [0, 0.05) is 30.8 Å². The number of hydrogen-bond acceptors (Lipinski definition) is 2. The number of rotatable bonds is 4. The molecule has 110 valence electrons. The number of nitrogens with zero attached hydrogens (tertiary/aromatic N) is 1. The van der Waals surface area contributed by atoms with Gasteiger partial charge in [0.25, 0.3) is 5.91 Å². The van der Waals surface area contributed by atoms with E-state index in [1.165, 1.54) is 6.42 Å². The molecule has 0 bridgehead atoms. The molecule has 0 saturated heterocycles. The van der Waals surface area contributed by atoms with E-state index in [2.05, 4.69) is 0 Å². The van der Waals surface area contributed by atoms with Crippen molar-refractivity contribution in [3.8, 4) is 0 Å². The Bertz CT molecular complexity index is 453. The van der Waals surface area contributed by atoms with Gasteiger partial charge in [0.15, 0.2) is 0 Å². The minimum Gasteiger partial charge on any atom is -0.334 e. The zero-order chi connectivity index (χ0) is 14.5. The molecule has 5 heteroatoms. The van der Waals surface area contributed by atoms with E-state index in [-0.39, 0.29) is 17.5 Å². The average molecular weight is 282 g/mol. The number of carbonyl (C=O) groups is 1. The summed E-state index contributed by atoms with van der Waals surface area (Å²) in [5.41, 5.74) is 5.63. The van der Waals surface area contributed by atoms with Gasteiger partial charge >= 0.3 is 0 Å². The molecular formula is C15H20F2N2O. The van der Waals surface area contributed by atoms with Gasteiger partial charge in [0.05, 0.1) is 0 Å². The monoisotopic (exact) mass is 282 g/mol. The molecule has 0 unspecified atom stereocenters. The van der Waals surface area contributed by atoms with Gasteiger partial charge in [0.2, 0.25) is 0 Å². The van der Waals surface area contributed by atoms with Gasteiger partial charge in [-0.2, -0.15) is 0 Å². The number of nitrogens with two attached hydrogens (primary N) is 1. The number of halogens is 2. The lowest BCUT2D eigenvalue weighted by molar-refractivity contribution is 0.0640. The molecule has 1 aromatic carbocycles. The number of benzene rings is 1. The van der Waals surface area contributed by atoms with Crippen LogP contribution in [0.1, 0.15) is 42.5 Å². The zero-order valence-corrected chi connectivity index (χ0v) is 11.4. The van der Waals surface area contributed by atoms with Crippen LogP contribution in [-0.2, 0) is 0 Å². The quantitative estimate of drug-likeness (QED) is 0.923. The van der Waals surface area contributed by atoms with E-state index in [4.69, 9.17) is 5.73 Å². The van der Waals surface area contributed by atoms with Crippen LogP contribution in [0.15, 0.2) is 18.2 Å². The maximum absolute atomic E-state index is 13.2. The molecular weight excluding hydrogens is 262 g/mol. The fourth-order valence-corrected chi connectivity index (χ4v) is 2.82. The second-order valence-electron chi connectivity index (χ2n) is 5.24. The Kier molecular flexibility index (Phi) is 5.06. The van der Waals surface area contributed by atoms with E-state index in [1.54, 1.807) is 4.90 Å². The van der Waals surface area contributed by atoms with Crippen LogP contribution in [0.3, 0.4) is 0 Å². The van der Waals surface area contributed by atoms with Crippen molar-refractivity contribution < 1.29 is 13.6 Å². The Morgan fingerprint density at radius 2 is 1.75 bits per heavy atom. The van der Waals surface area contributed by atoms with Crippen molar-refractivity contribution in [1.29, 1.82) is 0 Å². The summed E-state index contributed by atoms with van der Waals surface area (Å²) in [5.74, 6) is -1.80. The summed E-state index contributed by atoms with van der Waals surface area (Å²) >= 11 is 0. The normalized spacial score (nSPS) is 16.1. The Morgan fingerprint density at radius 1 is 1.15 bits per heavy atom. The smallest absolute Gasteiger partial charge is 0.254 e. The lowest BCUT2D eigenvalue weighted by atomic mass is 9.93. The average Bonchev–Trinajstić information content (AvgIpc) is 2.44. The van der Waals surface area contributed by atoms with Crippen molar-refractivity contribution in [3.05, 3.63) is 35.4 Å². The maximum atomic E-state index is 13.2. The molecule has 0 spiro atoms. The van der Waals surface area contributed by atoms with Crippen LogP contribution in [0.5, 0.6) is 0 Å². The predicted molar refractivity (Wildman–Crippen MR) is 73.3 cm³/mol. The summed E-state index contributed by atoms with van der Waals surface area (Å²) in [7, 11) is 0. The number of carbonyl (C=O) groups excluding carboxylic acids is 1. The molecule has 3 nitrogen and oxygen atoms in total. The molecule has 0 heterocycles. The maximum Gasteiger partial charge on any atom is 0.254 e. The van der Waals surface area contributed by atoms with E-state index in [9.17, 15) is 13.6 Å². The lowest BCUT2D eigenvalue weighted by Gasteiger charge is -2.34. The molecule has 0 radical (unpaired) electrons. The first kappa shape index (κ1) is 14.9. The van der Waals surface area contributed by atoms with Crippen LogP contribution >= 0.6 is 0 Å². The molecule has 0 atom stereocenters. The second kappa shape index (κ2) is 6.79. The van der Waals surface area contributed by atoms with Crippen LogP contribution in [0.2, 0.25) is 0 Å². The third-order valence-corrected chi connectivity index (χ3v) is 3.76. The largest absolute Gasteiger partial charge is 0.334 e. The Hall–Kier alpha value is -1.49. The summed E-state index contributed by atoms with van der Waals surface area (Å²) in [6.07, 6.45) is 5.20. The molecule has 0 aromatic heterocycles. The van der Waals surface area contributed by atoms with E-state index >= 15 is 0 Å². The van der Waals surface area contributed by atoms with Crippen LogP contribution in [-0.4, -0.2) is 29.9 Å². The molecule has 2 N–H and O–H groups in total. The molecule has 1 aliphatic rings. The predicted octanol–water partition coefficient (Wildman–Crippen LogP) is 2.70. The van der Waals surface area contributed by atoms with Crippen LogP contribution in [0.4, 0.5) is 8.78 Å². The van der Waals surface area contributed by atoms with E-state index in [0.717, 1.165) is 43.9 Å². The summed E-state index contributed by atoms with van der Waals surface area (Å²) in [6.45, 7) is 0.766. The van der Waals surface area contributed by atoms with Gasteiger partial charge in [-0.15, -0.1) is 0 Å². The van der Waals surface area contributed by atoms with Gasteiger partial charge in [0.1, 0.15) is 11.6 Å². The standard InChI is InChI=1S/C15H20F2N2O/c16-12-8-11(9-13(17)10-12)15(20)19(7-6-18)14-4-2-1-3-5-14/h8-10,14H,1-7,18H2. The second-order valence-corrected chi connectivity index (χ2v) is 5.24. The number of hydrogen-bond donors (Lipinski definition) is 1. The van der Waals surface area contributed by atoms with Gasteiger partial charge in [-0.25, -0.2) is 8.78 Å². The van der Waals surface area contributed by atoms with Crippen molar-refractivity contribution in [2.24, 2.45) is 5.73 Å². The van der Waals surface area contributed by atoms with Crippen molar-refractivity contribution in [2.45, 2.75) is 38.1 Å². The molecule has 20 heavy (non-hydrogen) atoms. The topological polar surface area (TPSA) is 46.3 Å². The SMILES string of the molecule is NCCN(C(=O)c1cc(F)cc(F)c1)C1CCCCC1. The van der Waals surface area contributed by atoms with Gasteiger partial charge < -0.3 is 10.6 Å². The van der Waals surface area contributed by atoms with Gasteiger partial charge in [-0.1, -0.05) is 19.3 Å². The van der Waals surface area contributed by atoms with Gasteiger partial charge in [-0.05, 0) is 25.0 Å². The minimum absolute atomic E-state index is 0.0570. The molecule has 1 amide bonds. The summed E-state index contributed by atoms with van der Waals surface area (Å²) in [4.78, 5) is 14.1. The van der Waals surface area contributed by atoms with E-state index in [1.807, 2.05) is 0 Å². The fourth-order valence-electron chi connectivity index (χ4n) is 2.82. The molecule has 1 saturated carbocycles. The highest BCUT2D eigenvalue weighted by Crippen LogP contribution is 2.24. The molecule has 2 rings (SSSR count). The van der Waals surface area contributed by atoms with Crippen molar-refractivity contribution >= 4 is 5.91 Å². The summed E-state index contributed by atoms with van der Waals surface area (Å²) in [6, 6.07) is 3.06. The van der Waals surface area contributed by atoms with Crippen LogP contribution in [0, 0.1) is 11.6 Å². The lowest BCUT2D eigenvalue weighted by Crippen LogP contribution is -2.44. The minimum atomic E-state index is -0.732. The zero-order valence-electron chi connectivity index (χ0n) is 11.4. The highest BCUT2D eigenvalue weighted by atomic mass is 19.1. The molecule has 0 aliphatic heterocycles. The van der Waals surface area contributed by atoms with Crippen LogP contribution < -0.4 is 5.73 Å². The van der Waals surface area contributed by atoms with E-state index < -0.39 is 11.6 Å². The first-order chi connectivity index (χ1) is 9.61. The Balaban J connectivity index is 2.20. The molecule has 1 fully saturated rings. The molecule has 1 aliphatic carbocycles. The highest BCUT2D eigenvalue weighted by molar-refractivity contribution is 5.94. The van der Waals surface area contributed by atoms with Crippen molar-refractivity contribution in [3.63, 3.8) is 0 Å². The summed E-state index contributed by atoms with van der Waals surface area (Å²) in [5, 5.41) is 0. The Labute approximate surface area is 117 Å². The molecule has 1 aromatic rings. The number of amides is 1. The van der Waals surface area contributed by atoms with Crippen LogP contribution in [0.25, 0.3) is 0 Å². The van der Waals surface area contributed by atoms with Crippen molar-refractivity contribution in [1.82, 2.24) is 4.90 Å². The van der Waals surface area contributed by atoms with E-state index in [0.29, 0.717) is 13.1 Å². The first-order valence-corrected chi connectivity index (χ1v) is 7.09. The highest BCUT2D eigenvalue weighted by Gasteiger charge is 2.26. The third-order valence-electron chi connectivity index (χ3n) is 3.76.